The van der Waals surface area contributed by atoms with Gasteiger partial charge in [0.1, 0.15) is 0 Å². The molecule has 0 aromatic heterocycles. The van der Waals surface area contributed by atoms with Gasteiger partial charge in [-0.25, -0.2) is 0 Å². The number of nitro groups is 2. The zero-order valence-corrected chi connectivity index (χ0v) is 17.6. The van der Waals surface area contributed by atoms with Crippen LogP contribution in [0.1, 0.15) is 26.3 Å². The number of nitrogens with zero attached hydrogens (tertiary/aromatic N) is 2. The molecule has 1 amide bonds. The van der Waals surface area contributed by atoms with Gasteiger partial charge >= 0.3 is 0 Å². The van der Waals surface area contributed by atoms with E-state index in [0.29, 0.717) is 11.1 Å². The minimum absolute atomic E-state index is 0.0133. The molecule has 0 radical (unpaired) electrons. The number of carbonyl (C=O) groups excluding carboxylic acids is 2. The van der Waals surface area contributed by atoms with Crippen molar-refractivity contribution in [3.63, 3.8) is 0 Å². The van der Waals surface area contributed by atoms with E-state index in [0.717, 1.165) is 6.07 Å². The molecule has 3 rings (SSSR count). The number of amides is 1. The summed E-state index contributed by atoms with van der Waals surface area (Å²) in [6, 6.07) is 13.4. The summed E-state index contributed by atoms with van der Waals surface area (Å²) in [7, 11) is 0. The van der Waals surface area contributed by atoms with Crippen LogP contribution in [0, 0.1) is 20.2 Å². The van der Waals surface area contributed by atoms with E-state index in [1.54, 1.807) is 0 Å². The van der Waals surface area contributed by atoms with E-state index in [1.165, 1.54) is 54.6 Å². The number of Topliss-reactive ketones (excluding diaryl/α,β-unsaturated/α-hetero) is 1. The molecule has 3 aromatic rings. The number of benzene rings is 3. The number of non-ortho nitro benzene ring substituents is 2. The molecule has 0 aliphatic carbocycles. The summed E-state index contributed by atoms with van der Waals surface area (Å²) in [5.41, 5.74) is 0.833. The van der Waals surface area contributed by atoms with Crippen LogP contribution in [0.4, 0.5) is 17.1 Å². The lowest BCUT2D eigenvalue weighted by Crippen LogP contribution is -2.13. The Morgan fingerprint density at radius 1 is 0.781 bits per heavy atom. The summed E-state index contributed by atoms with van der Waals surface area (Å²) < 4.78 is 0. The monoisotopic (exact) mass is 473 g/mol. The predicted octanol–water partition coefficient (Wildman–Crippen LogP) is 5.49. The highest BCUT2D eigenvalue weighted by atomic mass is 35.5. The molecule has 0 fully saturated rings. The summed E-state index contributed by atoms with van der Waals surface area (Å²) in [6.45, 7) is 0. The van der Waals surface area contributed by atoms with Crippen molar-refractivity contribution in [1.29, 1.82) is 0 Å². The standard InChI is InChI=1S/C21H13Cl2N3O6/c22-17-10-15(25(29)30)6-5-14(17)9-20(27)12-1-3-13(4-2-12)21(28)24-19-8-7-16(26(31)32)11-18(19)23/h1-8,10-11H,9H2,(H,24,28). The molecule has 1 N–H and O–H groups in total. The molecule has 0 aliphatic rings. The molecule has 0 saturated heterocycles. The van der Waals surface area contributed by atoms with Gasteiger partial charge in [0, 0.05) is 41.8 Å². The Kier molecular flexibility index (Phi) is 6.82. The summed E-state index contributed by atoms with van der Waals surface area (Å²) in [4.78, 5) is 45.3. The van der Waals surface area contributed by atoms with Crippen LogP contribution in [0.15, 0.2) is 60.7 Å². The molecule has 11 heteroatoms. The molecule has 0 atom stereocenters. The largest absolute Gasteiger partial charge is 0.321 e. The second-order valence-electron chi connectivity index (χ2n) is 6.59. The van der Waals surface area contributed by atoms with Crippen LogP contribution in [-0.2, 0) is 6.42 Å². The highest BCUT2D eigenvalue weighted by Gasteiger charge is 2.16. The molecule has 9 nitrogen and oxygen atoms in total. The summed E-state index contributed by atoms with van der Waals surface area (Å²) in [5, 5.41) is 24.2. The van der Waals surface area contributed by atoms with E-state index < -0.39 is 15.8 Å². The second kappa shape index (κ2) is 9.54. The molecular formula is C21H13Cl2N3O6. The van der Waals surface area contributed by atoms with E-state index in [1.807, 2.05) is 0 Å². The van der Waals surface area contributed by atoms with Crippen molar-refractivity contribution in [1.82, 2.24) is 0 Å². The van der Waals surface area contributed by atoms with Crippen LogP contribution in [0.2, 0.25) is 10.0 Å². The van der Waals surface area contributed by atoms with E-state index in [9.17, 15) is 29.8 Å². The van der Waals surface area contributed by atoms with Crippen molar-refractivity contribution in [2.45, 2.75) is 6.42 Å². The van der Waals surface area contributed by atoms with E-state index in [2.05, 4.69) is 5.32 Å². The number of nitro benzene ring substituents is 2. The first-order chi connectivity index (χ1) is 15.2. The lowest BCUT2D eigenvalue weighted by molar-refractivity contribution is -0.385. The Hall–Kier alpha value is -3.82. The third-order valence-electron chi connectivity index (χ3n) is 4.48. The summed E-state index contributed by atoms with van der Waals surface area (Å²) in [5.74, 6) is -0.802. The number of carbonyl (C=O) groups is 2. The Bertz CT molecular complexity index is 1150. The SMILES string of the molecule is O=C(Cc1ccc([N+](=O)[O-])cc1Cl)c1ccc(C(=O)Nc2ccc([N+](=O)[O-])cc2Cl)cc1. The fourth-order valence-corrected chi connectivity index (χ4v) is 3.25. The van der Waals surface area contributed by atoms with Gasteiger partial charge in [-0.05, 0) is 23.8 Å². The first-order valence-corrected chi connectivity index (χ1v) is 9.72. The Morgan fingerprint density at radius 2 is 1.31 bits per heavy atom. The third-order valence-corrected chi connectivity index (χ3v) is 5.14. The Balaban J connectivity index is 1.69. The fourth-order valence-electron chi connectivity index (χ4n) is 2.79. The van der Waals surface area contributed by atoms with Crippen LogP contribution in [0.25, 0.3) is 0 Å². The maximum absolute atomic E-state index is 12.5. The van der Waals surface area contributed by atoms with Crippen molar-refractivity contribution < 1.29 is 19.4 Å². The molecule has 0 bridgehead atoms. The number of anilines is 1. The minimum Gasteiger partial charge on any atom is -0.321 e. The molecule has 0 aliphatic heterocycles. The Morgan fingerprint density at radius 3 is 1.84 bits per heavy atom. The van der Waals surface area contributed by atoms with E-state index in [4.69, 9.17) is 23.2 Å². The topological polar surface area (TPSA) is 132 Å². The van der Waals surface area contributed by atoms with Crippen LogP contribution < -0.4 is 5.32 Å². The van der Waals surface area contributed by atoms with Gasteiger partial charge in [0.2, 0.25) is 0 Å². The number of halogens is 2. The van der Waals surface area contributed by atoms with Gasteiger partial charge in [-0.2, -0.15) is 0 Å². The maximum atomic E-state index is 12.5. The molecule has 3 aromatic carbocycles. The smallest absolute Gasteiger partial charge is 0.271 e. The number of nitrogens with one attached hydrogen (secondary N) is 1. The highest BCUT2D eigenvalue weighted by Crippen LogP contribution is 2.27. The van der Waals surface area contributed by atoms with Gasteiger partial charge < -0.3 is 5.32 Å². The van der Waals surface area contributed by atoms with Gasteiger partial charge in [0.15, 0.2) is 5.78 Å². The number of ketones is 1. The average molecular weight is 474 g/mol. The van der Waals surface area contributed by atoms with Crippen molar-refractivity contribution in [3.8, 4) is 0 Å². The van der Waals surface area contributed by atoms with Gasteiger partial charge in [-0.3, -0.25) is 29.8 Å². The number of rotatable bonds is 7. The quantitative estimate of drug-likeness (QED) is 0.274. The molecule has 0 saturated carbocycles. The zero-order chi connectivity index (χ0) is 23.4. The summed E-state index contributed by atoms with van der Waals surface area (Å²) >= 11 is 12.0. The number of hydrogen-bond acceptors (Lipinski definition) is 6. The van der Waals surface area contributed by atoms with Crippen molar-refractivity contribution >= 4 is 52.0 Å². The van der Waals surface area contributed by atoms with Crippen LogP contribution in [-0.4, -0.2) is 21.5 Å². The molecular weight excluding hydrogens is 461 g/mol. The predicted molar refractivity (Wildman–Crippen MR) is 119 cm³/mol. The minimum atomic E-state index is -0.600. The maximum Gasteiger partial charge on any atom is 0.271 e. The highest BCUT2D eigenvalue weighted by molar-refractivity contribution is 6.34. The van der Waals surface area contributed by atoms with Gasteiger partial charge in [0.25, 0.3) is 17.3 Å². The fraction of sp³-hybridized carbons (Fsp3) is 0.0476. The normalized spacial score (nSPS) is 10.4. The van der Waals surface area contributed by atoms with Crippen molar-refractivity contribution in [3.05, 3.63) is 108 Å². The van der Waals surface area contributed by atoms with Gasteiger partial charge in [0.05, 0.1) is 25.6 Å². The number of hydrogen-bond donors (Lipinski definition) is 1. The van der Waals surface area contributed by atoms with Gasteiger partial charge in [-0.15, -0.1) is 0 Å². The van der Waals surface area contributed by atoms with Crippen molar-refractivity contribution in [2.24, 2.45) is 0 Å². The summed E-state index contributed by atoms with van der Waals surface area (Å²) in [6.07, 6.45) is -0.0687. The third kappa shape index (κ3) is 5.26. The average Bonchev–Trinajstić information content (AvgIpc) is 2.76. The lowest BCUT2D eigenvalue weighted by atomic mass is 10.0. The molecule has 162 valence electrons. The van der Waals surface area contributed by atoms with Crippen LogP contribution in [0.3, 0.4) is 0 Å². The van der Waals surface area contributed by atoms with E-state index in [-0.39, 0.29) is 44.9 Å². The first kappa shape index (κ1) is 22.9. The van der Waals surface area contributed by atoms with Crippen LogP contribution >= 0.6 is 23.2 Å². The molecule has 0 spiro atoms. The Labute approximate surface area is 190 Å². The van der Waals surface area contributed by atoms with Crippen molar-refractivity contribution in [2.75, 3.05) is 5.32 Å². The molecule has 32 heavy (non-hydrogen) atoms. The van der Waals surface area contributed by atoms with E-state index >= 15 is 0 Å². The zero-order valence-electron chi connectivity index (χ0n) is 16.1. The van der Waals surface area contributed by atoms with Crippen LogP contribution in [0.5, 0.6) is 0 Å². The second-order valence-corrected chi connectivity index (χ2v) is 7.40. The first-order valence-electron chi connectivity index (χ1n) is 8.97. The molecule has 0 unspecified atom stereocenters. The molecule has 0 heterocycles. The van der Waals surface area contributed by atoms with Gasteiger partial charge in [-0.1, -0.05) is 41.4 Å². The lowest BCUT2D eigenvalue weighted by Gasteiger charge is -2.08.